The number of carbonyl (C=O) groups is 2. The maximum atomic E-state index is 14.0. The number of nitrogens with one attached hydrogen (secondary N) is 5. The van der Waals surface area contributed by atoms with Crippen LogP contribution >= 0.6 is 0 Å². The van der Waals surface area contributed by atoms with Gasteiger partial charge >= 0.3 is 0 Å². The molecule has 0 bridgehead atoms. The number of rotatable bonds is 14. The normalized spacial score (nSPS) is 11.2. The number of pyridine rings is 2. The van der Waals surface area contributed by atoms with Gasteiger partial charge in [0.1, 0.15) is 35.4 Å². The van der Waals surface area contributed by atoms with E-state index in [9.17, 15) is 28.9 Å². The first-order valence-electron chi connectivity index (χ1n) is 24.1. The second-order valence-corrected chi connectivity index (χ2v) is 18.1. The molecule has 6 aromatic heterocycles. The molecule has 0 saturated heterocycles. The quantitative estimate of drug-likeness (QED) is 0.0536. The fraction of sp³-hybridized carbons (Fsp3) is 0.143. The van der Waals surface area contributed by atoms with Crippen LogP contribution < -0.4 is 27.4 Å². The summed E-state index contributed by atoms with van der Waals surface area (Å²) in [6.45, 7) is 5.97. The summed E-state index contributed by atoms with van der Waals surface area (Å²) in [6, 6.07) is 32.4. The number of nitrogens with zero attached hydrogens (tertiary/aromatic N) is 11. The van der Waals surface area contributed by atoms with Crippen molar-refractivity contribution in [1.29, 1.82) is 10.5 Å². The number of nitrogen functional groups attached to an aromatic ring is 2. The lowest BCUT2D eigenvalue weighted by Gasteiger charge is -2.19. The number of anilines is 4. The largest absolute Gasteiger partial charge is 0.384 e. The molecule has 0 aliphatic rings. The minimum atomic E-state index is -0.535. The van der Waals surface area contributed by atoms with Crippen molar-refractivity contribution in [3.05, 3.63) is 190 Å². The van der Waals surface area contributed by atoms with Gasteiger partial charge < -0.3 is 32.3 Å². The number of nitrogens with two attached hydrogens (primary N) is 2. The molecule has 0 radical (unpaired) electrons. The van der Waals surface area contributed by atoms with Gasteiger partial charge in [-0.15, -0.1) is 0 Å². The van der Waals surface area contributed by atoms with Gasteiger partial charge in [0.05, 0.1) is 29.2 Å². The first kappa shape index (κ1) is 52.1. The standard InChI is InChI=1S/2C28H24FN9O/c1-15-3-6-19(10-23(15)29)16(2)35-28(39)24-27(34-14-21(11-30)36-24)32-12-17-4-7-18(8-5-17)20-9-22-25(31)37-38-26(22)33-13-20;1-16-3-4-18(9-23(16)29)15-38(2)28(39)24-27(34-14-21(11-30)35-24)32-12-17-5-7-19(8-6-17)20-10-22-25(31)36-37-26(22)33-13-20/h3-10,13-14,16H,12H2,1-2H3,(H,32,34)(H,35,39)(H3,31,33,37,38);3-10,13-14H,12,15H2,1-2H3,(H,32,34)(H3,31,33,36,37)/t16-;/m0./s1. The second kappa shape index (κ2) is 22.8. The summed E-state index contributed by atoms with van der Waals surface area (Å²) in [6.07, 6.45) is 6.08. The number of H-pyrrole nitrogens is 2. The number of aromatic amines is 2. The maximum Gasteiger partial charge on any atom is 0.276 e. The number of hydrogen-bond acceptors (Lipinski definition) is 16. The molecule has 78 heavy (non-hydrogen) atoms. The summed E-state index contributed by atoms with van der Waals surface area (Å²) in [5, 5.41) is 42.7. The smallest absolute Gasteiger partial charge is 0.276 e. The number of amides is 2. The Balaban J connectivity index is 0.000000190. The number of nitriles is 2. The lowest BCUT2D eigenvalue weighted by atomic mass is 10.0. The molecule has 0 saturated carbocycles. The van der Waals surface area contributed by atoms with Crippen LogP contribution in [0.5, 0.6) is 0 Å². The predicted octanol–water partition coefficient (Wildman–Crippen LogP) is 8.62. The van der Waals surface area contributed by atoms with Crippen molar-refractivity contribution in [3.8, 4) is 34.4 Å². The summed E-state index contributed by atoms with van der Waals surface area (Å²) in [5.41, 5.74) is 20.8. The van der Waals surface area contributed by atoms with Gasteiger partial charge in [-0.1, -0.05) is 72.8 Å². The summed E-state index contributed by atoms with van der Waals surface area (Å²) >= 11 is 0. The van der Waals surface area contributed by atoms with Crippen molar-refractivity contribution in [2.75, 3.05) is 29.1 Å². The number of benzene rings is 4. The minimum Gasteiger partial charge on any atom is -0.384 e. The van der Waals surface area contributed by atoms with Crippen molar-refractivity contribution in [1.82, 2.24) is 60.5 Å². The minimum absolute atomic E-state index is 0.00734. The van der Waals surface area contributed by atoms with E-state index in [4.69, 9.17) is 11.5 Å². The molecule has 4 aromatic carbocycles. The Morgan fingerprint density at radius 2 is 1.10 bits per heavy atom. The van der Waals surface area contributed by atoms with Crippen LogP contribution in [0.25, 0.3) is 44.3 Å². The van der Waals surface area contributed by atoms with Crippen LogP contribution in [0, 0.1) is 48.1 Å². The molecule has 2 amide bonds. The van der Waals surface area contributed by atoms with E-state index in [1.165, 1.54) is 29.4 Å². The number of aromatic nitrogens is 10. The molecule has 20 nitrogen and oxygen atoms in total. The highest BCUT2D eigenvalue weighted by atomic mass is 19.1. The third-order valence-electron chi connectivity index (χ3n) is 12.6. The Labute approximate surface area is 444 Å². The van der Waals surface area contributed by atoms with Gasteiger partial charge in [-0.05, 0) is 89.5 Å². The van der Waals surface area contributed by atoms with Crippen molar-refractivity contribution in [3.63, 3.8) is 0 Å². The summed E-state index contributed by atoms with van der Waals surface area (Å²) < 4.78 is 28.0. The molecular formula is C56H48F2N18O2. The Morgan fingerprint density at radius 1 is 0.628 bits per heavy atom. The molecular weight excluding hydrogens is 995 g/mol. The monoisotopic (exact) mass is 1040 g/mol. The van der Waals surface area contributed by atoms with Gasteiger partial charge in [0.25, 0.3) is 11.8 Å². The van der Waals surface area contributed by atoms with Crippen LogP contribution in [0.15, 0.2) is 122 Å². The predicted molar refractivity (Wildman–Crippen MR) is 290 cm³/mol. The van der Waals surface area contributed by atoms with Crippen molar-refractivity contribution in [2.45, 2.75) is 46.4 Å². The lowest BCUT2D eigenvalue weighted by molar-refractivity contribution is 0.0779. The van der Waals surface area contributed by atoms with Crippen molar-refractivity contribution in [2.24, 2.45) is 0 Å². The third-order valence-corrected chi connectivity index (χ3v) is 12.6. The van der Waals surface area contributed by atoms with Crippen LogP contribution in [-0.2, 0) is 19.6 Å². The molecule has 0 fully saturated rings. The molecule has 0 aliphatic heterocycles. The zero-order chi connectivity index (χ0) is 55.0. The highest BCUT2D eigenvalue weighted by Crippen LogP contribution is 2.28. The molecule has 0 unspecified atom stereocenters. The average molecular weight is 1040 g/mol. The third kappa shape index (κ3) is 11.8. The zero-order valence-electron chi connectivity index (χ0n) is 42.4. The maximum absolute atomic E-state index is 14.0. The lowest BCUT2D eigenvalue weighted by Crippen LogP contribution is -2.29. The van der Waals surface area contributed by atoms with E-state index < -0.39 is 17.9 Å². The van der Waals surface area contributed by atoms with Gasteiger partial charge in [-0.2, -0.15) is 20.7 Å². The van der Waals surface area contributed by atoms with Crippen LogP contribution in [-0.4, -0.2) is 74.1 Å². The molecule has 10 aromatic rings. The van der Waals surface area contributed by atoms with Crippen LogP contribution in [0.4, 0.5) is 32.1 Å². The molecule has 6 heterocycles. The highest BCUT2D eigenvalue weighted by Gasteiger charge is 2.22. The van der Waals surface area contributed by atoms with E-state index >= 15 is 0 Å². The average Bonchev–Trinajstić information content (AvgIpc) is 4.06. The molecule has 0 aliphatic carbocycles. The van der Waals surface area contributed by atoms with E-state index in [-0.39, 0.29) is 52.6 Å². The van der Waals surface area contributed by atoms with Gasteiger partial charge in [-0.3, -0.25) is 19.8 Å². The first-order valence-corrected chi connectivity index (χ1v) is 24.1. The summed E-state index contributed by atoms with van der Waals surface area (Å²) in [4.78, 5) is 53.3. The number of halogens is 2. The van der Waals surface area contributed by atoms with Gasteiger partial charge in [-0.25, -0.2) is 38.7 Å². The van der Waals surface area contributed by atoms with Gasteiger partial charge in [0, 0.05) is 50.2 Å². The molecule has 0 spiro atoms. The molecule has 9 N–H and O–H groups in total. The molecule has 1 atom stereocenters. The Hall–Kier alpha value is -10.7. The van der Waals surface area contributed by atoms with Crippen molar-refractivity contribution >= 4 is 57.2 Å². The van der Waals surface area contributed by atoms with Crippen LogP contribution in [0.3, 0.4) is 0 Å². The van der Waals surface area contributed by atoms with E-state index in [1.807, 2.05) is 72.8 Å². The highest BCUT2D eigenvalue weighted by molar-refractivity contribution is 5.98. The van der Waals surface area contributed by atoms with E-state index in [0.29, 0.717) is 58.3 Å². The Bertz CT molecular complexity index is 3960. The Kier molecular flexibility index (Phi) is 15.2. The number of carbonyl (C=O) groups excluding carboxylic acids is 2. The van der Waals surface area contributed by atoms with Crippen molar-refractivity contribution < 1.29 is 18.4 Å². The summed E-state index contributed by atoms with van der Waals surface area (Å²) in [5.74, 6) is -0.272. The fourth-order valence-electron chi connectivity index (χ4n) is 8.09. The zero-order valence-corrected chi connectivity index (χ0v) is 42.4. The summed E-state index contributed by atoms with van der Waals surface area (Å²) in [7, 11) is 1.59. The fourth-order valence-corrected chi connectivity index (χ4v) is 8.09. The van der Waals surface area contributed by atoms with Crippen LogP contribution in [0.2, 0.25) is 0 Å². The van der Waals surface area contributed by atoms with Gasteiger partial charge in [0.2, 0.25) is 0 Å². The molecule has 22 heteroatoms. The van der Waals surface area contributed by atoms with E-state index in [0.717, 1.165) is 44.2 Å². The SMILES string of the molecule is Cc1ccc(CN(C)C(=O)c2nc(C#N)cnc2NCc2ccc(-c3cnc4n[nH]c(N)c4c3)cc2)cc1F.Cc1ccc([C@H](C)NC(=O)c2nc(C#N)cnc2NCc2ccc(-c3cnc4n[nH]c(N)c4c3)cc2)cc1F. The van der Waals surface area contributed by atoms with E-state index in [1.54, 1.807) is 64.5 Å². The topological polar surface area (TPSA) is 308 Å². The van der Waals surface area contributed by atoms with Gasteiger partial charge in [0.15, 0.2) is 45.7 Å². The number of fused-ring (bicyclic) bond motifs is 2. The molecule has 10 rings (SSSR count). The van der Waals surface area contributed by atoms with E-state index in [2.05, 4.69) is 66.2 Å². The van der Waals surface area contributed by atoms with Crippen LogP contribution in [0.1, 0.15) is 78.7 Å². The number of aryl methyl sites for hydroxylation is 2. The second-order valence-electron chi connectivity index (χ2n) is 18.1. The Morgan fingerprint density at radius 3 is 1.60 bits per heavy atom. The molecule has 388 valence electrons. The number of hydrogen-bond donors (Lipinski definition) is 7. The first-order chi connectivity index (χ1) is 37.6.